The van der Waals surface area contributed by atoms with Gasteiger partial charge >= 0.3 is 6.03 Å². The number of benzene rings is 2. The largest absolute Gasteiger partial charge is 0.497 e. The van der Waals surface area contributed by atoms with Gasteiger partial charge < -0.3 is 9.47 Å². The van der Waals surface area contributed by atoms with Crippen molar-refractivity contribution in [3.63, 3.8) is 0 Å². The van der Waals surface area contributed by atoms with Gasteiger partial charge in [0.15, 0.2) is 0 Å². The summed E-state index contributed by atoms with van der Waals surface area (Å²) in [6, 6.07) is 13.2. The molecular formula is C20H18N2O5. The van der Waals surface area contributed by atoms with Crippen LogP contribution in [-0.4, -0.2) is 37.0 Å². The molecule has 0 radical (unpaired) electrons. The zero-order valence-electron chi connectivity index (χ0n) is 14.9. The molecule has 1 fully saturated rings. The van der Waals surface area contributed by atoms with Gasteiger partial charge in [0, 0.05) is 5.56 Å². The minimum absolute atomic E-state index is 0.0329. The van der Waals surface area contributed by atoms with Crippen LogP contribution in [-0.2, 0) is 16.1 Å². The van der Waals surface area contributed by atoms with Gasteiger partial charge in [-0.3, -0.25) is 19.8 Å². The van der Waals surface area contributed by atoms with Gasteiger partial charge in [-0.05, 0) is 29.8 Å². The van der Waals surface area contributed by atoms with Crippen LogP contribution in [0.3, 0.4) is 0 Å². The molecule has 0 atom stereocenters. The summed E-state index contributed by atoms with van der Waals surface area (Å²) in [7, 11) is 3.05. The van der Waals surface area contributed by atoms with Crippen LogP contribution in [0.5, 0.6) is 11.5 Å². The molecule has 7 heteroatoms. The lowest BCUT2D eigenvalue weighted by atomic mass is 10.1. The fraction of sp³-hybridized carbons (Fsp3) is 0.150. The topological polar surface area (TPSA) is 84.9 Å². The molecule has 1 N–H and O–H groups in total. The number of carbonyl (C=O) groups is 3. The Morgan fingerprint density at radius 2 is 1.67 bits per heavy atom. The van der Waals surface area contributed by atoms with Gasteiger partial charge in [-0.25, -0.2) is 4.79 Å². The summed E-state index contributed by atoms with van der Waals surface area (Å²) < 4.78 is 10.3. The van der Waals surface area contributed by atoms with Crippen molar-refractivity contribution < 1.29 is 23.9 Å². The number of nitrogens with one attached hydrogen (secondary N) is 1. The van der Waals surface area contributed by atoms with E-state index in [1.807, 2.05) is 0 Å². The molecule has 0 bridgehead atoms. The lowest BCUT2D eigenvalue weighted by molar-refractivity contribution is -0.130. The zero-order chi connectivity index (χ0) is 19.4. The van der Waals surface area contributed by atoms with Crippen LogP contribution in [0.2, 0.25) is 0 Å². The van der Waals surface area contributed by atoms with Crippen LogP contribution in [0.15, 0.2) is 54.1 Å². The fourth-order valence-electron chi connectivity index (χ4n) is 2.69. The molecule has 0 aromatic heterocycles. The van der Waals surface area contributed by atoms with Gasteiger partial charge in [-0.2, -0.15) is 0 Å². The summed E-state index contributed by atoms with van der Waals surface area (Å²) in [6.45, 7) is 0.0329. The Hall–Kier alpha value is -3.61. The second-order valence-corrected chi connectivity index (χ2v) is 5.80. The van der Waals surface area contributed by atoms with E-state index >= 15 is 0 Å². The second-order valence-electron chi connectivity index (χ2n) is 5.80. The predicted molar refractivity (Wildman–Crippen MR) is 98.1 cm³/mol. The summed E-state index contributed by atoms with van der Waals surface area (Å²) in [5.74, 6) is -0.211. The Balaban J connectivity index is 1.90. The van der Waals surface area contributed by atoms with Crippen LogP contribution in [0, 0.1) is 0 Å². The number of methoxy groups -OCH3 is 2. The van der Waals surface area contributed by atoms with Gasteiger partial charge in [0.25, 0.3) is 11.8 Å². The third-order valence-corrected chi connectivity index (χ3v) is 4.12. The number of amides is 4. The first kappa shape index (κ1) is 18.2. The highest BCUT2D eigenvalue weighted by Gasteiger charge is 2.35. The smallest absolute Gasteiger partial charge is 0.331 e. The van der Waals surface area contributed by atoms with Crippen molar-refractivity contribution in [2.45, 2.75) is 6.54 Å². The number of hydrogen-bond donors (Lipinski definition) is 1. The van der Waals surface area contributed by atoms with Gasteiger partial charge in [0.1, 0.15) is 17.1 Å². The molecule has 2 aromatic carbocycles. The van der Waals surface area contributed by atoms with E-state index in [0.29, 0.717) is 17.1 Å². The first-order valence-corrected chi connectivity index (χ1v) is 8.18. The number of nitrogens with zero attached hydrogens (tertiary/aromatic N) is 1. The second kappa shape index (κ2) is 7.74. The standard InChI is InChI=1S/C20H18N2O5/c1-26-15-9-7-13(8-10-15)12-22-19(24)16(18(23)21-20(22)25)11-14-5-3-4-6-17(14)27-2/h3-11H,12H2,1-2H3,(H,21,23,25). The average Bonchev–Trinajstić information content (AvgIpc) is 2.69. The molecule has 1 aliphatic rings. The number of urea groups is 1. The molecule has 7 nitrogen and oxygen atoms in total. The quantitative estimate of drug-likeness (QED) is 0.649. The highest BCUT2D eigenvalue weighted by atomic mass is 16.5. The van der Waals surface area contributed by atoms with Crippen molar-refractivity contribution in [2.75, 3.05) is 14.2 Å². The highest BCUT2D eigenvalue weighted by Crippen LogP contribution is 2.23. The van der Waals surface area contributed by atoms with Crippen LogP contribution >= 0.6 is 0 Å². The molecule has 4 amide bonds. The van der Waals surface area contributed by atoms with E-state index in [2.05, 4.69) is 5.32 Å². The SMILES string of the molecule is COc1ccc(CN2C(=O)NC(=O)C(=Cc3ccccc3OC)C2=O)cc1. The number of barbiturate groups is 1. The molecular weight excluding hydrogens is 348 g/mol. The van der Waals surface area contributed by atoms with Gasteiger partial charge in [0.05, 0.1) is 20.8 Å². The van der Waals surface area contributed by atoms with Gasteiger partial charge in [-0.1, -0.05) is 30.3 Å². The fourth-order valence-corrected chi connectivity index (χ4v) is 2.69. The molecule has 0 unspecified atom stereocenters. The first-order chi connectivity index (χ1) is 13.0. The number of hydrogen-bond acceptors (Lipinski definition) is 5. The molecule has 1 saturated heterocycles. The van der Waals surface area contributed by atoms with Gasteiger partial charge in [0.2, 0.25) is 0 Å². The van der Waals surface area contributed by atoms with E-state index in [1.54, 1.807) is 55.6 Å². The summed E-state index contributed by atoms with van der Waals surface area (Å²) in [6.07, 6.45) is 1.42. The number of carbonyl (C=O) groups excluding carboxylic acids is 3. The minimum atomic E-state index is -0.752. The van der Waals surface area contributed by atoms with Crippen molar-refractivity contribution in [2.24, 2.45) is 0 Å². The van der Waals surface area contributed by atoms with E-state index in [4.69, 9.17) is 9.47 Å². The Labute approximate surface area is 156 Å². The zero-order valence-corrected chi connectivity index (χ0v) is 14.9. The first-order valence-electron chi connectivity index (χ1n) is 8.18. The van der Waals surface area contributed by atoms with Crippen molar-refractivity contribution >= 4 is 23.9 Å². The molecule has 0 spiro atoms. The number of ether oxygens (including phenoxy) is 2. The minimum Gasteiger partial charge on any atom is -0.497 e. The lowest BCUT2D eigenvalue weighted by Gasteiger charge is -2.26. The normalized spacial score (nSPS) is 15.7. The summed E-state index contributed by atoms with van der Waals surface area (Å²) >= 11 is 0. The van der Waals surface area contributed by atoms with Crippen molar-refractivity contribution in [1.29, 1.82) is 0 Å². The predicted octanol–water partition coefficient (Wildman–Crippen LogP) is 2.37. The molecule has 138 valence electrons. The van der Waals surface area contributed by atoms with Crippen molar-refractivity contribution in [1.82, 2.24) is 10.2 Å². The molecule has 3 rings (SSSR count). The van der Waals surface area contributed by atoms with E-state index in [9.17, 15) is 14.4 Å². The number of imide groups is 2. The van der Waals surface area contributed by atoms with Crippen LogP contribution in [0.1, 0.15) is 11.1 Å². The highest BCUT2D eigenvalue weighted by molar-refractivity contribution is 6.31. The van der Waals surface area contributed by atoms with E-state index in [1.165, 1.54) is 13.2 Å². The van der Waals surface area contributed by atoms with E-state index in [-0.39, 0.29) is 12.1 Å². The molecule has 1 heterocycles. The Bertz CT molecular complexity index is 918. The molecule has 0 aliphatic carbocycles. The van der Waals surface area contributed by atoms with Crippen LogP contribution in [0.25, 0.3) is 6.08 Å². The number of para-hydroxylation sites is 1. The van der Waals surface area contributed by atoms with E-state index in [0.717, 1.165) is 10.5 Å². The van der Waals surface area contributed by atoms with E-state index < -0.39 is 17.8 Å². The molecule has 27 heavy (non-hydrogen) atoms. The third kappa shape index (κ3) is 3.82. The maximum Gasteiger partial charge on any atom is 0.331 e. The van der Waals surface area contributed by atoms with Crippen molar-refractivity contribution in [3.8, 4) is 11.5 Å². The molecule has 0 saturated carbocycles. The summed E-state index contributed by atoms with van der Waals surface area (Å²) in [5.41, 5.74) is 1.16. The van der Waals surface area contributed by atoms with Crippen LogP contribution < -0.4 is 14.8 Å². The van der Waals surface area contributed by atoms with Gasteiger partial charge in [-0.15, -0.1) is 0 Å². The monoisotopic (exact) mass is 366 g/mol. The maximum atomic E-state index is 12.8. The summed E-state index contributed by atoms with van der Waals surface area (Å²) in [5, 5.41) is 2.20. The Morgan fingerprint density at radius 3 is 2.33 bits per heavy atom. The third-order valence-electron chi connectivity index (χ3n) is 4.12. The number of rotatable bonds is 5. The average molecular weight is 366 g/mol. The summed E-state index contributed by atoms with van der Waals surface area (Å²) in [4.78, 5) is 38.1. The Kier molecular flexibility index (Phi) is 5.21. The van der Waals surface area contributed by atoms with Crippen LogP contribution in [0.4, 0.5) is 4.79 Å². The Morgan fingerprint density at radius 1 is 0.963 bits per heavy atom. The molecule has 2 aromatic rings. The maximum absolute atomic E-state index is 12.8. The lowest BCUT2D eigenvalue weighted by Crippen LogP contribution is -2.53. The van der Waals surface area contributed by atoms with Crippen molar-refractivity contribution in [3.05, 3.63) is 65.2 Å². The molecule has 1 aliphatic heterocycles.